The third kappa shape index (κ3) is 3.32. The molecule has 4 rings (SSSR count). The summed E-state index contributed by atoms with van der Waals surface area (Å²) in [4.78, 5) is 27.4. The number of amides is 1. The summed E-state index contributed by atoms with van der Waals surface area (Å²) in [7, 11) is 0. The van der Waals surface area contributed by atoms with Gasteiger partial charge in [0.1, 0.15) is 11.8 Å². The van der Waals surface area contributed by atoms with Crippen LogP contribution in [0.25, 0.3) is 0 Å². The maximum Gasteiger partial charge on any atom is 0.354 e. The van der Waals surface area contributed by atoms with Crippen LogP contribution in [0.3, 0.4) is 0 Å². The number of benzene rings is 1. The minimum absolute atomic E-state index is 0.0171. The molecule has 7 heteroatoms. The number of fused-ring (bicyclic) bond motifs is 1. The maximum atomic E-state index is 13.3. The molecule has 2 fully saturated rings. The van der Waals surface area contributed by atoms with Crippen molar-refractivity contribution in [2.75, 3.05) is 24.7 Å². The van der Waals surface area contributed by atoms with Gasteiger partial charge in [0.05, 0.1) is 12.3 Å². The number of carbonyl (C=O) groups is 2. The van der Waals surface area contributed by atoms with Gasteiger partial charge in [0.15, 0.2) is 0 Å². The zero-order chi connectivity index (χ0) is 19.0. The Hall–Kier alpha value is -2.41. The predicted molar refractivity (Wildman–Crippen MR) is 102 cm³/mol. The van der Waals surface area contributed by atoms with Crippen LogP contribution in [0.2, 0.25) is 0 Å². The first kappa shape index (κ1) is 18.0. The van der Waals surface area contributed by atoms with Crippen LogP contribution < -0.4 is 10.7 Å². The van der Waals surface area contributed by atoms with E-state index >= 15 is 0 Å². The van der Waals surface area contributed by atoms with E-state index in [2.05, 4.69) is 5.10 Å². The summed E-state index contributed by atoms with van der Waals surface area (Å²) in [6.07, 6.45) is 2.41. The molecule has 27 heavy (non-hydrogen) atoms. The smallest absolute Gasteiger partial charge is 0.354 e. The average Bonchev–Trinajstić information content (AvgIpc) is 3.38. The molecule has 3 aliphatic rings. The number of esters is 1. The highest BCUT2D eigenvalue weighted by molar-refractivity contribution is 6.38. The van der Waals surface area contributed by atoms with E-state index in [0.29, 0.717) is 24.1 Å². The highest BCUT2D eigenvalue weighted by atomic mass is 16.5. The van der Waals surface area contributed by atoms with Crippen LogP contribution >= 0.6 is 0 Å². The van der Waals surface area contributed by atoms with Crippen molar-refractivity contribution in [3.05, 3.63) is 30.3 Å². The van der Waals surface area contributed by atoms with Gasteiger partial charge in [0.2, 0.25) is 5.91 Å². The topological polar surface area (TPSA) is 88.2 Å². The fraction of sp³-hybridized carbons (Fsp3) is 0.550. The van der Waals surface area contributed by atoms with E-state index in [1.54, 1.807) is 11.9 Å². The predicted octanol–water partition coefficient (Wildman–Crippen LogP) is 1.38. The number of hydrazone groups is 1. The Morgan fingerprint density at radius 1 is 1.22 bits per heavy atom. The first-order valence-electron chi connectivity index (χ1n) is 9.71. The Labute approximate surface area is 159 Å². The zero-order valence-corrected chi connectivity index (χ0v) is 15.6. The molecule has 0 spiro atoms. The maximum absolute atomic E-state index is 13.3. The normalized spacial score (nSPS) is 29.6. The van der Waals surface area contributed by atoms with Gasteiger partial charge < -0.3 is 15.4 Å². The van der Waals surface area contributed by atoms with Gasteiger partial charge in [-0.15, -0.1) is 0 Å². The number of carbonyl (C=O) groups excluding carboxylic acids is 2. The molecule has 2 N–H and O–H groups in total. The van der Waals surface area contributed by atoms with Crippen LogP contribution in [0.5, 0.6) is 0 Å². The number of para-hydroxylation sites is 1. The molecule has 4 unspecified atom stereocenters. The lowest BCUT2D eigenvalue weighted by Gasteiger charge is -2.27. The molecule has 2 aliphatic heterocycles. The molecular formula is C20H26N4O3. The summed E-state index contributed by atoms with van der Waals surface area (Å²) in [5.41, 5.74) is 7.32. The van der Waals surface area contributed by atoms with Gasteiger partial charge in [-0.3, -0.25) is 9.80 Å². The number of anilines is 1. The lowest BCUT2D eigenvalue weighted by atomic mass is 9.98. The molecule has 1 saturated heterocycles. The van der Waals surface area contributed by atoms with Crippen LogP contribution in [-0.2, 0) is 14.3 Å². The Morgan fingerprint density at radius 2 is 2.00 bits per heavy atom. The minimum atomic E-state index is -0.512. The summed E-state index contributed by atoms with van der Waals surface area (Å²) in [6.45, 7) is 3.51. The highest BCUT2D eigenvalue weighted by Gasteiger charge is 2.46. The molecule has 2 heterocycles. The fourth-order valence-corrected chi connectivity index (χ4v) is 4.56. The van der Waals surface area contributed by atoms with E-state index in [9.17, 15) is 9.59 Å². The number of nitrogens with zero attached hydrogens (tertiary/aromatic N) is 3. The van der Waals surface area contributed by atoms with Crippen molar-refractivity contribution in [1.29, 1.82) is 0 Å². The molecule has 1 aromatic carbocycles. The van der Waals surface area contributed by atoms with Crippen molar-refractivity contribution in [2.24, 2.45) is 22.7 Å². The number of nitrogens with two attached hydrogens (primary N) is 1. The number of hydrogen-bond acceptors (Lipinski definition) is 6. The largest absolute Gasteiger partial charge is 0.461 e. The summed E-state index contributed by atoms with van der Waals surface area (Å²) < 4.78 is 5.10. The monoisotopic (exact) mass is 370 g/mol. The fourth-order valence-electron chi connectivity index (χ4n) is 4.56. The van der Waals surface area contributed by atoms with Gasteiger partial charge in [-0.25, -0.2) is 4.79 Å². The van der Waals surface area contributed by atoms with Crippen LogP contribution in [0.4, 0.5) is 5.69 Å². The van der Waals surface area contributed by atoms with E-state index in [1.165, 1.54) is 0 Å². The van der Waals surface area contributed by atoms with Crippen molar-refractivity contribution < 1.29 is 14.3 Å². The van der Waals surface area contributed by atoms with Crippen molar-refractivity contribution in [2.45, 2.75) is 38.3 Å². The summed E-state index contributed by atoms with van der Waals surface area (Å²) in [5.74, 6) is 0.462. The quantitative estimate of drug-likeness (QED) is 0.809. The van der Waals surface area contributed by atoms with E-state index in [1.807, 2.05) is 35.2 Å². The zero-order valence-electron chi connectivity index (χ0n) is 15.6. The first-order valence-corrected chi connectivity index (χ1v) is 9.71. The SMILES string of the molecule is CCOC(=O)C1=NN(c2ccccc2)C(C(=O)N2CC3CCC(N)C3C2)C1. The molecule has 4 atom stereocenters. The molecule has 144 valence electrons. The van der Waals surface area contributed by atoms with Crippen LogP contribution in [0.15, 0.2) is 35.4 Å². The summed E-state index contributed by atoms with van der Waals surface area (Å²) >= 11 is 0. The van der Waals surface area contributed by atoms with Crippen LogP contribution in [-0.4, -0.2) is 54.3 Å². The van der Waals surface area contributed by atoms with Crippen molar-refractivity contribution >= 4 is 23.3 Å². The van der Waals surface area contributed by atoms with E-state index < -0.39 is 12.0 Å². The number of likely N-dealkylation sites (tertiary alicyclic amines) is 1. The molecule has 0 bridgehead atoms. The molecule has 0 radical (unpaired) electrons. The lowest BCUT2D eigenvalue weighted by Crippen LogP contribution is -2.45. The molecule has 1 saturated carbocycles. The number of ether oxygens (including phenoxy) is 1. The second-order valence-electron chi connectivity index (χ2n) is 7.58. The third-order valence-corrected chi connectivity index (χ3v) is 5.95. The van der Waals surface area contributed by atoms with Crippen LogP contribution in [0, 0.1) is 11.8 Å². The highest BCUT2D eigenvalue weighted by Crippen LogP contribution is 2.38. The Kier molecular flexibility index (Phi) is 4.86. The molecule has 1 amide bonds. The molecular weight excluding hydrogens is 344 g/mol. The second-order valence-corrected chi connectivity index (χ2v) is 7.58. The van der Waals surface area contributed by atoms with Gasteiger partial charge in [0, 0.05) is 25.6 Å². The van der Waals surface area contributed by atoms with Gasteiger partial charge in [-0.05, 0) is 43.7 Å². The lowest BCUT2D eigenvalue weighted by molar-refractivity contribution is -0.135. The third-order valence-electron chi connectivity index (χ3n) is 5.95. The second kappa shape index (κ2) is 7.31. The summed E-state index contributed by atoms with van der Waals surface area (Å²) in [5, 5.41) is 6.11. The minimum Gasteiger partial charge on any atom is -0.461 e. The summed E-state index contributed by atoms with van der Waals surface area (Å²) in [6, 6.07) is 9.17. The average molecular weight is 370 g/mol. The van der Waals surface area contributed by atoms with E-state index in [-0.39, 0.29) is 25.0 Å². The molecule has 1 aliphatic carbocycles. The standard InChI is InChI=1S/C20H26N4O3/c1-2-27-20(26)17-10-18(24(22-17)14-6-4-3-5-7-14)19(25)23-11-13-8-9-16(21)15(13)12-23/h3-7,13,15-16,18H,2,8-12,21H2,1H3. The number of hydrogen-bond donors (Lipinski definition) is 1. The Morgan fingerprint density at radius 3 is 2.70 bits per heavy atom. The van der Waals surface area contributed by atoms with Crippen molar-refractivity contribution in [1.82, 2.24) is 4.90 Å². The molecule has 1 aromatic rings. The van der Waals surface area contributed by atoms with E-state index in [4.69, 9.17) is 10.5 Å². The van der Waals surface area contributed by atoms with Gasteiger partial charge in [0.25, 0.3) is 0 Å². The molecule has 0 aromatic heterocycles. The van der Waals surface area contributed by atoms with Gasteiger partial charge in [-0.2, -0.15) is 5.10 Å². The van der Waals surface area contributed by atoms with Gasteiger partial charge in [-0.1, -0.05) is 18.2 Å². The van der Waals surface area contributed by atoms with Crippen LogP contribution in [0.1, 0.15) is 26.2 Å². The molecule has 7 nitrogen and oxygen atoms in total. The van der Waals surface area contributed by atoms with Crippen molar-refractivity contribution in [3.63, 3.8) is 0 Å². The Bertz CT molecular complexity index is 751. The van der Waals surface area contributed by atoms with E-state index in [0.717, 1.165) is 25.1 Å². The first-order chi connectivity index (χ1) is 13.1. The number of rotatable bonds is 4. The van der Waals surface area contributed by atoms with Crippen molar-refractivity contribution in [3.8, 4) is 0 Å². The Balaban J connectivity index is 1.55. The van der Waals surface area contributed by atoms with Gasteiger partial charge >= 0.3 is 5.97 Å².